The Kier molecular flexibility index (Phi) is 5.22. The highest BCUT2D eigenvalue weighted by atomic mass is 79.9. The Morgan fingerprint density at radius 3 is 2.62 bits per heavy atom. The van der Waals surface area contributed by atoms with Crippen LogP contribution in [0, 0.1) is 12.8 Å². The molecule has 1 aromatic rings. The number of piperidine rings is 1. The van der Waals surface area contributed by atoms with Crippen molar-refractivity contribution >= 4 is 27.7 Å². The van der Waals surface area contributed by atoms with E-state index in [-0.39, 0.29) is 24.3 Å². The molecule has 0 bridgehead atoms. The molecular formula is C15H19BrN2O3. The van der Waals surface area contributed by atoms with Crippen molar-refractivity contribution in [1.82, 2.24) is 4.90 Å². The summed E-state index contributed by atoms with van der Waals surface area (Å²) in [6.45, 7) is 3.08. The number of primary amides is 1. The Morgan fingerprint density at radius 1 is 1.38 bits per heavy atom. The van der Waals surface area contributed by atoms with Crippen molar-refractivity contribution in [2.45, 2.75) is 19.8 Å². The monoisotopic (exact) mass is 354 g/mol. The van der Waals surface area contributed by atoms with Crippen molar-refractivity contribution in [3.05, 3.63) is 28.2 Å². The topological polar surface area (TPSA) is 72.6 Å². The zero-order valence-corrected chi connectivity index (χ0v) is 13.6. The molecule has 0 spiro atoms. The van der Waals surface area contributed by atoms with Crippen LogP contribution in [0.25, 0.3) is 0 Å². The molecule has 0 aliphatic carbocycles. The molecule has 0 radical (unpaired) electrons. The van der Waals surface area contributed by atoms with E-state index in [1.807, 2.05) is 25.1 Å². The van der Waals surface area contributed by atoms with Crippen LogP contribution in [-0.2, 0) is 9.59 Å². The molecule has 1 heterocycles. The maximum absolute atomic E-state index is 12.1. The number of likely N-dealkylation sites (tertiary alicyclic amines) is 1. The van der Waals surface area contributed by atoms with Crippen LogP contribution in [0.2, 0.25) is 0 Å². The fourth-order valence-electron chi connectivity index (χ4n) is 2.42. The van der Waals surface area contributed by atoms with Gasteiger partial charge in [0, 0.05) is 23.5 Å². The van der Waals surface area contributed by atoms with E-state index in [9.17, 15) is 9.59 Å². The number of carbonyl (C=O) groups is 2. The van der Waals surface area contributed by atoms with Gasteiger partial charge in [-0.1, -0.05) is 15.9 Å². The lowest BCUT2D eigenvalue weighted by Gasteiger charge is -2.30. The van der Waals surface area contributed by atoms with E-state index in [0.29, 0.717) is 31.7 Å². The molecule has 6 heteroatoms. The van der Waals surface area contributed by atoms with Gasteiger partial charge < -0.3 is 15.4 Å². The fraction of sp³-hybridized carbons (Fsp3) is 0.467. The summed E-state index contributed by atoms with van der Waals surface area (Å²) >= 11 is 3.39. The Bertz CT molecular complexity index is 540. The lowest BCUT2D eigenvalue weighted by molar-refractivity contribution is -0.136. The largest absolute Gasteiger partial charge is 0.483 e. The van der Waals surface area contributed by atoms with Crippen molar-refractivity contribution in [3.63, 3.8) is 0 Å². The van der Waals surface area contributed by atoms with E-state index in [2.05, 4.69) is 15.9 Å². The zero-order valence-electron chi connectivity index (χ0n) is 12.0. The molecule has 0 saturated carbocycles. The first-order valence-corrected chi connectivity index (χ1v) is 7.72. The SMILES string of the molecule is Cc1cc(Br)ccc1OCC(=O)N1CCC(C(N)=O)CC1. The lowest BCUT2D eigenvalue weighted by atomic mass is 9.96. The Balaban J connectivity index is 1.84. The second kappa shape index (κ2) is 6.93. The van der Waals surface area contributed by atoms with E-state index >= 15 is 0 Å². The third kappa shape index (κ3) is 4.20. The first-order chi connectivity index (χ1) is 9.97. The van der Waals surface area contributed by atoms with Gasteiger partial charge in [0.05, 0.1) is 0 Å². The highest BCUT2D eigenvalue weighted by Gasteiger charge is 2.25. The van der Waals surface area contributed by atoms with E-state index < -0.39 is 0 Å². The summed E-state index contributed by atoms with van der Waals surface area (Å²) in [5.41, 5.74) is 6.26. The molecule has 0 unspecified atom stereocenters. The van der Waals surface area contributed by atoms with Gasteiger partial charge in [0.1, 0.15) is 5.75 Å². The van der Waals surface area contributed by atoms with Crippen molar-refractivity contribution in [3.8, 4) is 5.75 Å². The Morgan fingerprint density at radius 2 is 2.05 bits per heavy atom. The summed E-state index contributed by atoms with van der Waals surface area (Å²) in [4.78, 5) is 24.9. The average molecular weight is 355 g/mol. The number of nitrogens with zero attached hydrogens (tertiary/aromatic N) is 1. The summed E-state index contributed by atoms with van der Waals surface area (Å²) in [6, 6.07) is 5.66. The van der Waals surface area contributed by atoms with Gasteiger partial charge in [0.25, 0.3) is 5.91 Å². The first-order valence-electron chi connectivity index (χ1n) is 6.93. The van der Waals surface area contributed by atoms with Crippen LogP contribution in [0.1, 0.15) is 18.4 Å². The summed E-state index contributed by atoms with van der Waals surface area (Å²) in [5, 5.41) is 0. The van der Waals surface area contributed by atoms with Crippen LogP contribution in [-0.4, -0.2) is 36.4 Å². The number of ether oxygens (including phenoxy) is 1. The maximum Gasteiger partial charge on any atom is 0.260 e. The fourth-order valence-corrected chi connectivity index (χ4v) is 2.89. The van der Waals surface area contributed by atoms with Crippen LogP contribution in [0.4, 0.5) is 0 Å². The van der Waals surface area contributed by atoms with Gasteiger partial charge in [-0.2, -0.15) is 0 Å². The Labute approximate surface area is 132 Å². The second-order valence-electron chi connectivity index (χ2n) is 5.26. The number of benzene rings is 1. The van der Waals surface area contributed by atoms with Gasteiger partial charge in [0.2, 0.25) is 5.91 Å². The van der Waals surface area contributed by atoms with E-state index in [1.54, 1.807) is 4.90 Å². The van der Waals surface area contributed by atoms with Crippen molar-refractivity contribution < 1.29 is 14.3 Å². The molecule has 2 N–H and O–H groups in total. The summed E-state index contributed by atoms with van der Waals surface area (Å²) in [7, 11) is 0. The molecule has 21 heavy (non-hydrogen) atoms. The van der Waals surface area contributed by atoms with E-state index in [1.165, 1.54) is 0 Å². The molecule has 1 saturated heterocycles. The number of halogens is 1. The second-order valence-corrected chi connectivity index (χ2v) is 6.17. The third-order valence-electron chi connectivity index (χ3n) is 3.74. The van der Waals surface area contributed by atoms with E-state index in [0.717, 1.165) is 10.0 Å². The summed E-state index contributed by atoms with van der Waals surface area (Å²) in [6.07, 6.45) is 1.27. The van der Waals surface area contributed by atoms with Crippen LogP contribution >= 0.6 is 15.9 Å². The number of rotatable bonds is 4. The molecule has 1 aliphatic rings. The van der Waals surface area contributed by atoms with Gasteiger partial charge >= 0.3 is 0 Å². The molecule has 2 rings (SSSR count). The molecule has 0 atom stereocenters. The van der Waals surface area contributed by atoms with Crippen LogP contribution in [0.15, 0.2) is 22.7 Å². The molecule has 1 aliphatic heterocycles. The predicted octanol–water partition coefficient (Wildman–Crippen LogP) is 1.86. The minimum Gasteiger partial charge on any atom is -0.483 e. The number of hydrogen-bond acceptors (Lipinski definition) is 3. The minimum absolute atomic E-state index is 0.0176. The first kappa shape index (κ1) is 15.8. The van der Waals surface area contributed by atoms with Crippen LogP contribution in [0.5, 0.6) is 5.75 Å². The van der Waals surface area contributed by atoms with Gasteiger partial charge in [0.15, 0.2) is 6.61 Å². The number of amides is 2. The number of carbonyl (C=O) groups excluding carboxylic acids is 2. The zero-order chi connectivity index (χ0) is 15.4. The highest BCUT2D eigenvalue weighted by Crippen LogP contribution is 2.22. The summed E-state index contributed by atoms with van der Waals surface area (Å²) < 4.78 is 6.56. The molecule has 1 aromatic carbocycles. The van der Waals surface area contributed by atoms with Crippen LogP contribution < -0.4 is 10.5 Å². The quantitative estimate of drug-likeness (QED) is 0.896. The normalized spacial score (nSPS) is 15.8. The number of hydrogen-bond donors (Lipinski definition) is 1. The predicted molar refractivity (Wildman–Crippen MR) is 82.9 cm³/mol. The molecule has 5 nitrogen and oxygen atoms in total. The van der Waals surface area contributed by atoms with Gasteiger partial charge in [-0.05, 0) is 43.5 Å². The molecule has 114 valence electrons. The average Bonchev–Trinajstić information content (AvgIpc) is 2.46. The third-order valence-corrected chi connectivity index (χ3v) is 4.23. The standard InChI is InChI=1S/C15H19BrN2O3/c1-10-8-12(16)2-3-13(10)21-9-14(19)18-6-4-11(5-7-18)15(17)20/h2-3,8,11H,4-7,9H2,1H3,(H2,17,20). The highest BCUT2D eigenvalue weighted by molar-refractivity contribution is 9.10. The summed E-state index contributed by atoms with van der Waals surface area (Å²) in [5.74, 6) is 0.270. The van der Waals surface area contributed by atoms with Crippen molar-refractivity contribution in [2.75, 3.05) is 19.7 Å². The lowest BCUT2D eigenvalue weighted by Crippen LogP contribution is -2.43. The van der Waals surface area contributed by atoms with Gasteiger partial charge in [-0.25, -0.2) is 0 Å². The minimum atomic E-state index is -0.274. The molecular weight excluding hydrogens is 336 g/mol. The van der Waals surface area contributed by atoms with E-state index in [4.69, 9.17) is 10.5 Å². The number of nitrogens with two attached hydrogens (primary N) is 1. The number of aryl methyl sites for hydroxylation is 1. The van der Waals surface area contributed by atoms with Gasteiger partial charge in [-0.3, -0.25) is 9.59 Å². The Hall–Kier alpha value is -1.56. The maximum atomic E-state index is 12.1. The van der Waals surface area contributed by atoms with Gasteiger partial charge in [-0.15, -0.1) is 0 Å². The molecule has 2 amide bonds. The smallest absolute Gasteiger partial charge is 0.260 e. The molecule has 0 aromatic heterocycles. The van der Waals surface area contributed by atoms with Crippen molar-refractivity contribution in [1.29, 1.82) is 0 Å². The van der Waals surface area contributed by atoms with Crippen LogP contribution in [0.3, 0.4) is 0 Å². The van der Waals surface area contributed by atoms with Crippen molar-refractivity contribution in [2.24, 2.45) is 11.7 Å². The molecule has 1 fully saturated rings.